The van der Waals surface area contributed by atoms with Crippen molar-refractivity contribution in [3.05, 3.63) is 65.1 Å². The molecule has 1 saturated heterocycles. The van der Waals surface area contributed by atoms with Gasteiger partial charge in [-0.25, -0.2) is 4.39 Å². The summed E-state index contributed by atoms with van der Waals surface area (Å²) in [6, 6.07) is 13.0. The van der Waals surface area contributed by atoms with Crippen LogP contribution in [0.2, 0.25) is 0 Å². The fourth-order valence-corrected chi connectivity index (χ4v) is 3.67. The predicted molar refractivity (Wildman–Crippen MR) is 102 cm³/mol. The normalized spacial score (nSPS) is 14.9. The number of halogens is 1. The van der Waals surface area contributed by atoms with Crippen molar-refractivity contribution in [3.63, 3.8) is 0 Å². The standard InChI is InChI=1S/C21H22FN3O/c1-14-7-8-18-16(13-14)15(2)20(23-18)21(26)25-11-9-24(10-12-25)19-6-4-3-5-17(19)22/h3-8,13,23H,9-12H2,1-2H3. The van der Waals surface area contributed by atoms with Crippen LogP contribution in [0.15, 0.2) is 42.5 Å². The highest BCUT2D eigenvalue weighted by atomic mass is 19.1. The minimum absolute atomic E-state index is 0.0181. The molecule has 0 atom stereocenters. The van der Waals surface area contributed by atoms with E-state index in [9.17, 15) is 9.18 Å². The van der Waals surface area contributed by atoms with Gasteiger partial charge >= 0.3 is 0 Å². The maximum Gasteiger partial charge on any atom is 0.270 e. The van der Waals surface area contributed by atoms with Gasteiger partial charge in [0.15, 0.2) is 0 Å². The Morgan fingerprint density at radius 3 is 2.50 bits per heavy atom. The molecular formula is C21H22FN3O. The summed E-state index contributed by atoms with van der Waals surface area (Å²) >= 11 is 0. The molecule has 1 fully saturated rings. The highest BCUT2D eigenvalue weighted by Crippen LogP contribution is 2.25. The average Bonchev–Trinajstić information content (AvgIpc) is 2.98. The molecule has 134 valence electrons. The van der Waals surface area contributed by atoms with Crippen molar-refractivity contribution in [2.45, 2.75) is 13.8 Å². The summed E-state index contributed by atoms with van der Waals surface area (Å²) in [5.41, 5.74) is 4.42. The Hall–Kier alpha value is -2.82. The number of aromatic nitrogens is 1. The van der Waals surface area contributed by atoms with Crippen molar-refractivity contribution in [2.75, 3.05) is 31.1 Å². The minimum atomic E-state index is -0.214. The number of hydrogen-bond donors (Lipinski definition) is 1. The zero-order chi connectivity index (χ0) is 18.3. The molecule has 26 heavy (non-hydrogen) atoms. The van der Waals surface area contributed by atoms with Crippen LogP contribution in [-0.2, 0) is 0 Å². The first-order valence-electron chi connectivity index (χ1n) is 8.92. The second-order valence-electron chi connectivity index (χ2n) is 6.90. The van der Waals surface area contributed by atoms with Gasteiger partial charge in [-0.3, -0.25) is 4.79 Å². The van der Waals surface area contributed by atoms with Crippen LogP contribution >= 0.6 is 0 Å². The first-order chi connectivity index (χ1) is 12.5. The van der Waals surface area contributed by atoms with Gasteiger partial charge in [-0.05, 0) is 43.7 Å². The third-order valence-electron chi connectivity index (χ3n) is 5.19. The van der Waals surface area contributed by atoms with E-state index in [1.807, 2.05) is 34.9 Å². The largest absolute Gasteiger partial charge is 0.366 e. The summed E-state index contributed by atoms with van der Waals surface area (Å²) in [6.45, 7) is 6.47. The van der Waals surface area contributed by atoms with Crippen LogP contribution in [0, 0.1) is 19.7 Å². The first kappa shape index (κ1) is 16.6. The number of aromatic amines is 1. The Labute approximate surface area is 152 Å². The third kappa shape index (κ3) is 2.83. The fourth-order valence-electron chi connectivity index (χ4n) is 3.67. The molecule has 0 bridgehead atoms. The smallest absolute Gasteiger partial charge is 0.270 e. The van der Waals surface area contributed by atoms with Crippen LogP contribution in [0.25, 0.3) is 10.9 Å². The number of fused-ring (bicyclic) bond motifs is 1. The number of nitrogens with zero attached hydrogens (tertiary/aromatic N) is 2. The number of rotatable bonds is 2. The van der Waals surface area contributed by atoms with Gasteiger partial charge in [0, 0.05) is 37.1 Å². The number of carbonyl (C=O) groups excluding carboxylic acids is 1. The maximum atomic E-state index is 14.0. The van der Waals surface area contributed by atoms with E-state index in [1.54, 1.807) is 12.1 Å². The van der Waals surface area contributed by atoms with Crippen molar-refractivity contribution in [3.8, 4) is 0 Å². The van der Waals surface area contributed by atoms with Crippen molar-refractivity contribution in [1.29, 1.82) is 0 Å². The zero-order valence-corrected chi connectivity index (χ0v) is 15.1. The third-order valence-corrected chi connectivity index (χ3v) is 5.19. The molecule has 0 saturated carbocycles. The lowest BCUT2D eigenvalue weighted by Gasteiger charge is -2.36. The molecule has 4 nitrogen and oxygen atoms in total. The van der Waals surface area contributed by atoms with Gasteiger partial charge in [0.25, 0.3) is 5.91 Å². The topological polar surface area (TPSA) is 39.3 Å². The van der Waals surface area contributed by atoms with Crippen LogP contribution in [0.1, 0.15) is 21.6 Å². The van der Waals surface area contributed by atoms with Gasteiger partial charge in [0.2, 0.25) is 0 Å². The van der Waals surface area contributed by atoms with Gasteiger partial charge in [0.1, 0.15) is 11.5 Å². The number of amides is 1. The van der Waals surface area contributed by atoms with Gasteiger partial charge in [0.05, 0.1) is 5.69 Å². The number of para-hydroxylation sites is 1. The van der Waals surface area contributed by atoms with Crippen molar-refractivity contribution in [1.82, 2.24) is 9.88 Å². The van der Waals surface area contributed by atoms with Crippen molar-refractivity contribution < 1.29 is 9.18 Å². The summed E-state index contributed by atoms with van der Waals surface area (Å²) in [5.74, 6) is -0.196. The number of piperazine rings is 1. The van der Waals surface area contributed by atoms with E-state index in [0.717, 1.165) is 16.5 Å². The SMILES string of the molecule is Cc1ccc2[nH]c(C(=O)N3CCN(c4ccccc4F)CC3)c(C)c2c1. The lowest BCUT2D eigenvalue weighted by atomic mass is 10.1. The van der Waals surface area contributed by atoms with E-state index in [1.165, 1.54) is 11.6 Å². The van der Waals surface area contributed by atoms with Crippen LogP contribution in [-0.4, -0.2) is 42.0 Å². The van der Waals surface area contributed by atoms with E-state index in [4.69, 9.17) is 0 Å². The summed E-state index contributed by atoms with van der Waals surface area (Å²) in [6.07, 6.45) is 0. The Kier molecular flexibility index (Phi) is 4.15. The zero-order valence-electron chi connectivity index (χ0n) is 15.1. The van der Waals surface area contributed by atoms with Gasteiger partial charge in [-0.15, -0.1) is 0 Å². The Bertz CT molecular complexity index is 971. The Balaban J connectivity index is 1.52. The molecule has 1 aromatic heterocycles. The highest BCUT2D eigenvalue weighted by Gasteiger charge is 2.26. The molecule has 4 rings (SSSR count). The molecule has 0 spiro atoms. The highest BCUT2D eigenvalue weighted by molar-refractivity contribution is 6.01. The molecule has 0 aliphatic carbocycles. The molecule has 2 heterocycles. The molecule has 3 aromatic rings. The monoisotopic (exact) mass is 351 g/mol. The van der Waals surface area contributed by atoms with Crippen LogP contribution < -0.4 is 4.90 Å². The number of carbonyl (C=O) groups is 1. The van der Waals surface area contributed by atoms with E-state index in [2.05, 4.69) is 18.0 Å². The van der Waals surface area contributed by atoms with E-state index < -0.39 is 0 Å². The summed E-state index contributed by atoms with van der Waals surface area (Å²) in [5, 5.41) is 1.10. The number of nitrogens with one attached hydrogen (secondary N) is 1. The average molecular weight is 351 g/mol. The number of aryl methyl sites for hydroxylation is 2. The van der Waals surface area contributed by atoms with Gasteiger partial charge < -0.3 is 14.8 Å². The molecule has 1 aliphatic heterocycles. The molecule has 1 aliphatic rings. The van der Waals surface area contributed by atoms with Gasteiger partial charge in [-0.1, -0.05) is 23.8 Å². The second-order valence-corrected chi connectivity index (χ2v) is 6.90. The van der Waals surface area contributed by atoms with Crippen LogP contribution in [0.4, 0.5) is 10.1 Å². The fraction of sp³-hybridized carbons (Fsp3) is 0.286. The predicted octanol–water partition coefficient (Wildman–Crippen LogP) is 3.89. The van der Waals surface area contributed by atoms with Gasteiger partial charge in [-0.2, -0.15) is 0 Å². The first-order valence-corrected chi connectivity index (χ1v) is 8.92. The van der Waals surface area contributed by atoms with Crippen LogP contribution in [0.3, 0.4) is 0 Å². The van der Waals surface area contributed by atoms with Crippen molar-refractivity contribution >= 4 is 22.5 Å². The minimum Gasteiger partial charge on any atom is -0.366 e. The molecule has 0 radical (unpaired) electrons. The number of anilines is 1. The molecular weight excluding hydrogens is 329 g/mol. The quantitative estimate of drug-likeness (QED) is 0.761. The maximum absolute atomic E-state index is 14.0. The molecule has 0 unspecified atom stereocenters. The van der Waals surface area contributed by atoms with Crippen molar-refractivity contribution in [2.24, 2.45) is 0 Å². The second kappa shape index (κ2) is 6.48. The molecule has 2 aromatic carbocycles. The summed E-state index contributed by atoms with van der Waals surface area (Å²) in [4.78, 5) is 20.1. The number of H-pyrrole nitrogens is 1. The Morgan fingerprint density at radius 2 is 1.77 bits per heavy atom. The molecule has 5 heteroatoms. The summed E-state index contributed by atoms with van der Waals surface area (Å²) < 4.78 is 14.0. The number of benzene rings is 2. The molecule has 1 N–H and O–H groups in total. The lowest BCUT2D eigenvalue weighted by molar-refractivity contribution is 0.0741. The molecule has 1 amide bonds. The Morgan fingerprint density at radius 1 is 1.04 bits per heavy atom. The lowest BCUT2D eigenvalue weighted by Crippen LogP contribution is -2.49. The van der Waals surface area contributed by atoms with Crippen LogP contribution in [0.5, 0.6) is 0 Å². The van der Waals surface area contributed by atoms with E-state index >= 15 is 0 Å². The number of hydrogen-bond acceptors (Lipinski definition) is 2. The van der Waals surface area contributed by atoms with E-state index in [-0.39, 0.29) is 11.7 Å². The summed E-state index contributed by atoms with van der Waals surface area (Å²) in [7, 11) is 0. The van der Waals surface area contributed by atoms with E-state index in [0.29, 0.717) is 37.6 Å².